The highest BCUT2D eigenvalue weighted by Crippen LogP contribution is 2.34. The van der Waals surface area contributed by atoms with Gasteiger partial charge in [-0.15, -0.1) is 10.2 Å². The maximum atomic E-state index is 12.9. The molecule has 0 aliphatic carbocycles. The molecule has 4 rings (SSSR count). The molecule has 0 saturated carbocycles. The van der Waals surface area contributed by atoms with Gasteiger partial charge in [-0.25, -0.2) is 0 Å². The molecule has 2 aromatic carbocycles. The van der Waals surface area contributed by atoms with Crippen LogP contribution in [0.25, 0.3) is 11.4 Å². The van der Waals surface area contributed by atoms with E-state index >= 15 is 0 Å². The molecular formula is C18H14F3N5O3. The van der Waals surface area contributed by atoms with E-state index in [4.69, 9.17) is 9.47 Å². The minimum absolute atomic E-state index is 0.0150. The minimum Gasteiger partial charge on any atom is -0.454 e. The van der Waals surface area contributed by atoms with Crippen LogP contribution < -0.4 is 14.8 Å². The first-order chi connectivity index (χ1) is 13.8. The normalized spacial score (nSPS) is 13.9. The number of anilines is 1. The SMILES string of the molecule is CC(C(=O)Nc1ccc2c(c1)OCO2)n1nnc(-c2cccc(C(F)(F)F)c2)n1. The number of ether oxygens (including phenoxy) is 2. The zero-order valence-electron chi connectivity index (χ0n) is 15.0. The molecule has 8 nitrogen and oxygen atoms in total. The van der Waals surface area contributed by atoms with E-state index in [0.717, 1.165) is 16.9 Å². The topological polar surface area (TPSA) is 91.2 Å². The fraction of sp³-hybridized carbons (Fsp3) is 0.222. The molecule has 150 valence electrons. The molecule has 1 atom stereocenters. The fourth-order valence-electron chi connectivity index (χ4n) is 2.67. The van der Waals surface area contributed by atoms with Gasteiger partial charge in [0, 0.05) is 17.3 Å². The number of hydrogen-bond donors (Lipinski definition) is 1. The summed E-state index contributed by atoms with van der Waals surface area (Å²) >= 11 is 0. The molecule has 11 heteroatoms. The maximum Gasteiger partial charge on any atom is 0.416 e. The molecule has 1 aliphatic rings. The molecule has 1 aliphatic heterocycles. The molecule has 1 aromatic heterocycles. The van der Waals surface area contributed by atoms with E-state index in [-0.39, 0.29) is 18.2 Å². The van der Waals surface area contributed by atoms with Crippen molar-refractivity contribution in [3.05, 3.63) is 48.0 Å². The Hall–Kier alpha value is -3.63. The van der Waals surface area contributed by atoms with Gasteiger partial charge in [-0.05, 0) is 36.4 Å². The lowest BCUT2D eigenvalue weighted by Crippen LogP contribution is -2.25. The van der Waals surface area contributed by atoms with Gasteiger partial charge in [0.05, 0.1) is 5.56 Å². The number of amides is 1. The zero-order chi connectivity index (χ0) is 20.6. The van der Waals surface area contributed by atoms with Gasteiger partial charge >= 0.3 is 6.18 Å². The number of tetrazole rings is 1. The zero-order valence-corrected chi connectivity index (χ0v) is 15.0. The molecule has 0 radical (unpaired) electrons. The second-order valence-corrected chi connectivity index (χ2v) is 6.25. The third kappa shape index (κ3) is 3.84. The first kappa shape index (κ1) is 18.7. The van der Waals surface area contributed by atoms with E-state index in [1.807, 2.05) is 0 Å². The van der Waals surface area contributed by atoms with Gasteiger partial charge in [-0.1, -0.05) is 12.1 Å². The van der Waals surface area contributed by atoms with Crippen molar-refractivity contribution in [3.8, 4) is 22.9 Å². The lowest BCUT2D eigenvalue weighted by atomic mass is 10.1. The molecule has 0 saturated heterocycles. The number of halogens is 3. The number of nitrogens with zero attached hydrogens (tertiary/aromatic N) is 4. The number of carbonyl (C=O) groups is 1. The highest BCUT2D eigenvalue weighted by atomic mass is 19.4. The van der Waals surface area contributed by atoms with Crippen molar-refractivity contribution in [2.45, 2.75) is 19.1 Å². The summed E-state index contributed by atoms with van der Waals surface area (Å²) in [6, 6.07) is 8.67. The lowest BCUT2D eigenvalue weighted by molar-refractivity contribution is -0.137. The largest absolute Gasteiger partial charge is 0.454 e. The monoisotopic (exact) mass is 405 g/mol. The van der Waals surface area contributed by atoms with Gasteiger partial charge in [0.15, 0.2) is 11.5 Å². The Balaban J connectivity index is 1.49. The number of rotatable bonds is 4. The molecule has 1 unspecified atom stereocenters. The van der Waals surface area contributed by atoms with E-state index in [1.54, 1.807) is 25.1 Å². The van der Waals surface area contributed by atoms with Crippen LogP contribution in [0.5, 0.6) is 11.5 Å². The quantitative estimate of drug-likeness (QED) is 0.716. The molecule has 1 amide bonds. The number of alkyl halides is 3. The van der Waals surface area contributed by atoms with Crippen LogP contribution >= 0.6 is 0 Å². The highest BCUT2D eigenvalue weighted by molar-refractivity contribution is 5.93. The van der Waals surface area contributed by atoms with Crippen LogP contribution in [0.3, 0.4) is 0 Å². The average molecular weight is 405 g/mol. The maximum absolute atomic E-state index is 12.9. The molecule has 0 spiro atoms. The minimum atomic E-state index is -4.48. The van der Waals surface area contributed by atoms with Crippen molar-refractivity contribution in [3.63, 3.8) is 0 Å². The Bertz CT molecular complexity index is 1070. The number of benzene rings is 2. The molecule has 2 heterocycles. The molecule has 1 N–H and O–H groups in total. The summed E-state index contributed by atoms with van der Waals surface area (Å²) in [7, 11) is 0. The summed E-state index contributed by atoms with van der Waals surface area (Å²) in [5, 5.41) is 14.3. The molecule has 0 fully saturated rings. The second kappa shape index (κ2) is 7.08. The molecular weight excluding hydrogens is 391 g/mol. The summed E-state index contributed by atoms with van der Waals surface area (Å²) in [4.78, 5) is 13.5. The Kier molecular flexibility index (Phi) is 4.57. The summed E-state index contributed by atoms with van der Waals surface area (Å²) in [5.74, 6) is 0.650. The summed E-state index contributed by atoms with van der Waals surface area (Å²) in [6.07, 6.45) is -4.48. The van der Waals surface area contributed by atoms with Crippen LogP contribution in [0.2, 0.25) is 0 Å². The smallest absolute Gasteiger partial charge is 0.416 e. The van der Waals surface area contributed by atoms with Gasteiger partial charge in [0.1, 0.15) is 6.04 Å². The Morgan fingerprint density at radius 3 is 2.76 bits per heavy atom. The van der Waals surface area contributed by atoms with Crippen molar-refractivity contribution in [2.75, 3.05) is 12.1 Å². The van der Waals surface area contributed by atoms with Crippen LogP contribution in [-0.2, 0) is 11.0 Å². The average Bonchev–Trinajstić information content (AvgIpc) is 3.36. The number of fused-ring (bicyclic) bond motifs is 1. The van der Waals surface area contributed by atoms with Crippen molar-refractivity contribution in [2.24, 2.45) is 0 Å². The summed E-state index contributed by atoms with van der Waals surface area (Å²) in [6.45, 7) is 1.66. The number of hydrogen-bond acceptors (Lipinski definition) is 6. The Labute approximate surface area is 162 Å². The van der Waals surface area contributed by atoms with E-state index in [0.29, 0.717) is 17.2 Å². The number of carbonyl (C=O) groups excluding carboxylic acids is 1. The third-order valence-electron chi connectivity index (χ3n) is 4.24. The van der Waals surface area contributed by atoms with Crippen LogP contribution in [0.15, 0.2) is 42.5 Å². The second-order valence-electron chi connectivity index (χ2n) is 6.25. The third-order valence-corrected chi connectivity index (χ3v) is 4.24. The molecule has 0 bridgehead atoms. The number of aromatic nitrogens is 4. The van der Waals surface area contributed by atoms with Crippen molar-refractivity contribution >= 4 is 11.6 Å². The molecule has 29 heavy (non-hydrogen) atoms. The van der Waals surface area contributed by atoms with Gasteiger partial charge in [-0.3, -0.25) is 4.79 Å². The fourth-order valence-corrected chi connectivity index (χ4v) is 2.67. The van der Waals surface area contributed by atoms with Gasteiger partial charge < -0.3 is 14.8 Å². The van der Waals surface area contributed by atoms with Gasteiger partial charge in [-0.2, -0.15) is 18.0 Å². The van der Waals surface area contributed by atoms with Gasteiger partial charge in [0.25, 0.3) is 5.91 Å². The van der Waals surface area contributed by atoms with Crippen LogP contribution in [0, 0.1) is 0 Å². The van der Waals surface area contributed by atoms with E-state index < -0.39 is 23.7 Å². The van der Waals surface area contributed by atoms with Crippen molar-refractivity contribution in [1.29, 1.82) is 0 Å². The van der Waals surface area contributed by atoms with Crippen LogP contribution in [0.1, 0.15) is 18.5 Å². The van der Waals surface area contributed by atoms with Crippen molar-refractivity contribution in [1.82, 2.24) is 20.2 Å². The summed E-state index contributed by atoms with van der Waals surface area (Å²) in [5.41, 5.74) is -0.182. The summed E-state index contributed by atoms with van der Waals surface area (Å²) < 4.78 is 49.1. The van der Waals surface area contributed by atoms with Crippen LogP contribution in [-0.4, -0.2) is 32.9 Å². The predicted octanol–water partition coefficient (Wildman–Crippen LogP) is 3.29. The molecule has 3 aromatic rings. The van der Waals surface area contributed by atoms with Crippen molar-refractivity contribution < 1.29 is 27.4 Å². The standard InChI is InChI=1S/C18H14F3N5O3/c1-10(17(27)22-13-5-6-14-15(8-13)29-9-28-14)26-24-16(23-25-26)11-3-2-4-12(7-11)18(19,20)21/h2-8,10H,9H2,1H3,(H,22,27). The van der Waals surface area contributed by atoms with E-state index in [1.165, 1.54) is 12.1 Å². The van der Waals surface area contributed by atoms with E-state index in [2.05, 4.69) is 20.7 Å². The first-order valence-electron chi connectivity index (χ1n) is 8.49. The van der Waals surface area contributed by atoms with Crippen LogP contribution in [0.4, 0.5) is 18.9 Å². The number of nitrogens with one attached hydrogen (secondary N) is 1. The predicted molar refractivity (Wildman–Crippen MR) is 94.2 cm³/mol. The highest BCUT2D eigenvalue weighted by Gasteiger charge is 2.31. The Morgan fingerprint density at radius 2 is 1.97 bits per heavy atom. The van der Waals surface area contributed by atoms with Gasteiger partial charge in [0.2, 0.25) is 12.6 Å². The Morgan fingerprint density at radius 1 is 1.17 bits per heavy atom. The van der Waals surface area contributed by atoms with E-state index in [9.17, 15) is 18.0 Å². The lowest BCUT2D eigenvalue weighted by Gasteiger charge is -2.11. The first-order valence-corrected chi connectivity index (χ1v) is 8.49.